The van der Waals surface area contributed by atoms with Crippen molar-refractivity contribution in [3.05, 3.63) is 53.6 Å². The summed E-state index contributed by atoms with van der Waals surface area (Å²) in [4.78, 5) is 14.5. The van der Waals surface area contributed by atoms with Crippen LogP contribution < -0.4 is 9.46 Å². The molecule has 7 heteroatoms. The van der Waals surface area contributed by atoms with E-state index in [1.807, 2.05) is 26.0 Å². The molecule has 0 heterocycles. The lowest BCUT2D eigenvalue weighted by molar-refractivity contribution is 0.0727. The van der Waals surface area contributed by atoms with E-state index >= 15 is 0 Å². The fourth-order valence-corrected chi connectivity index (χ4v) is 4.58. The first-order valence-corrected chi connectivity index (χ1v) is 11.3. The van der Waals surface area contributed by atoms with Gasteiger partial charge in [-0.25, -0.2) is 8.42 Å². The Morgan fingerprint density at radius 1 is 1.21 bits per heavy atom. The van der Waals surface area contributed by atoms with Crippen LogP contribution in [0.25, 0.3) is 0 Å². The maximum Gasteiger partial charge on any atom is 0.265 e. The van der Waals surface area contributed by atoms with Crippen LogP contribution in [0.3, 0.4) is 0 Å². The lowest BCUT2D eigenvalue weighted by atomic mass is 10.1. The smallest absolute Gasteiger partial charge is 0.265 e. The molecule has 1 aliphatic carbocycles. The van der Waals surface area contributed by atoms with Crippen molar-refractivity contribution in [2.24, 2.45) is 5.92 Å². The molecule has 0 aromatic heterocycles. The Bertz CT molecular complexity index is 982. The number of hydrogen-bond donors (Lipinski definition) is 1. The first-order valence-electron chi connectivity index (χ1n) is 9.83. The second-order valence-corrected chi connectivity index (χ2v) is 9.17. The fraction of sp³-hybridized carbons (Fsp3) is 0.409. The molecular formula is C22H28N2O4S. The molecule has 2 aromatic rings. The first-order chi connectivity index (χ1) is 13.8. The summed E-state index contributed by atoms with van der Waals surface area (Å²) in [5.41, 5.74) is 1.90. The SMILES string of the molecule is CCc1ccc(NS(=O)(=O)c2cc(C(=O)N(C)C(C)C3CC3)ccc2OC)cc1. The highest BCUT2D eigenvalue weighted by molar-refractivity contribution is 7.92. The molecule has 1 aliphatic rings. The van der Waals surface area contributed by atoms with Gasteiger partial charge >= 0.3 is 0 Å². The number of carbonyl (C=O) groups is 1. The highest BCUT2D eigenvalue weighted by atomic mass is 32.2. The minimum atomic E-state index is -3.93. The van der Waals surface area contributed by atoms with Gasteiger partial charge in [0.05, 0.1) is 7.11 Å². The van der Waals surface area contributed by atoms with Crippen LogP contribution in [0.2, 0.25) is 0 Å². The lowest BCUT2D eigenvalue weighted by Crippen LogP contribution is -2.36. The van der Waals surface area contributed by atoms with Crippen LogP contribution in [0.5, 0.6) is 5.75 Å². The van der Waals surface area contributed by atoms with Crippen molar-refractivity contribution in [2.45, 2.75) is 44.0 Å². The Hall–Kier alpha value is -2.54. The summed E-state index contributed by atoms with van der Waals surface area (Å²) in [5, 5.41) is 0. The van der Waals surface area contributed by atoms with Crippen LogP contribution in [0, 0.1) is 5.92 Å². The minimum Gasteiger partial charge on any atom is -0.495 e. The molecule has 3 rings (SSSR count). The standard InChI is InChI=1S/C22H28N2O4S/c1-5-16-6-11-19(12-7-16)23-29(26,27)21-14-18(10-13-20(21)28-4)22(25)24(3)15(2)17-8-9-17/h6-7,10-15,17,23H,5,8-9H2,1-4H3. The zero-order chi connectivity index (χ0) is 21.2. The van der Waals surface area contributed by atoms with E-state index < -0.39 is 10.0 Å². The molecule has 1 saturated carbocycles. The summed E-state index contributed by atoms with van der Waals surface area (Å²) >= 11 is 0. The predicted octanol–water partition coefficient (Wildman–Crippen LogP) is 3.93. The molecule has 1 amide bonds. The average molecular weight is 417 g/mol. The molecule has 156 valence electrons. The number of sulfonamides is 1. The van der Waals surface area contributed by atoms with Crippen LogP contribution in [0.15, 0.2) is 47.4 Å². The Kier molecular flexibility index (Phi) is 6.17. The van der Waals surface area contributed by atoms with Crippen molar-refractivity contribution in [2.75, 3.05) is 18.9 Å². The third kappa shape index (κ3) is 4.72. The van der Waals surface area contributed by atoms with Crippen molar-refractivity contribution in [1.82, 2.24) is 4.90 Å². The van der Waals surface area contributed by atoms with E-state index in [1.165, 1.54) is 19.2 Å². The number of nitrogens with one attached hydrogen (secondary N) is 1. The van der Waals surface area contributed by atoms with Gasteiger partial charge in [0.1, 0.15) is 10.6 Å². The highest BCUT2D eigenvalue weighted by Crippen LogP contribution is 2.35. The number of rotatable bonds is 8. The summed E-state index contributed by atoms with van der Waals surface area (Å²) in [7, 11) is -0.756. The van der Waals surface area contributed by atoms with Crippen molar-refractivity contribution in [1.29, 1.82) is 0 Å². The highest BCUT2D eigenvalue weighted by Gasteiger charge is 2.33. The summed E-state index contributed by atoms with van der Waals surface area (Å²) in [5.74, 6) is 0.520. The van der Waals surface area contributed by atoms with Gasteiger partial charge in [0.2, 0.25) is 0 Å². The second-order valence-electron chi connectivity index (χ2n) is 7.52. The van der Waals surface area contributed by atoms with E-state index in [9.17, 15) is 13.2 Å². The van der Waals surface area contributed by atoms with E-state index in [-0.39, 0.29) is 22.6 Å². The van der Waals surface area contributed by atoms with E-state index in [0.717, 1.165) is 24.8 Å². The molecule has 1 atom stereocenters. The molecule has 1 N–H and O–H groups in total. The predicted molar refractivity (Wildman–Crippen MR) is 114 cm³/mol. The van der Waals surface area contributed by atoms with Crippen LogP contribution in [-0.4, -0.2) is 39.4 Å². The fourth-order valence-electron chi connectivity index (χ4n) is 3.32. The van der Waals surface area contributed by atoms with Crippen LogP contribution in [0.4, 0.5) is 5.69 Å². The number of nitrogens with zero attached hydrogens (tertiary/aromatic N) is 1. The van der Waals surface area contributed by atoms with Crippen molar-refractivity contribution in [3.8, 4) is 5.75 Å². The van der Waals surface area contributed by atoms with E-state index in [0.29, 0.717) is 17.2 Å². The lowest BCUT2D eigenvalue weighted by Gasteiger charge is -2.25. The number of carbonyl (C=O) groups excluding carboxylic acids is 1. The van der Waals surface area contributed by atoms with Crippen LogP contribution in [-0.2, 0) is 16.4 Å². The van der Waals surface area contributed by atoms with E-state index in [4.69, 9.17) is 4.74 Å². The Balaban J connectivity index is 1.89. The van der Waals surface area contributed by atoms with Gasteiger partial charge in [-0.2, -0.15) is 0 Å². The summed E-state index contributed by atoms with van der Waals surface area (Å²) < 4.78 is 33.9. The topological polar surface area (TPSA) is 75.7 Å². The zero-order valence-electron chi connectivity index (χ0n) is 17.3. The van der Waals surface area contributed by atoms with Gasteiger partial charge in [-0.1, -0.05) is 19.1 Å². The molecule has 1 fully saturated rings. The number of methoxy groups -OCH3 is 1. The van der Waals surface area contributed by atoms with Gasteiger partial charge in [-0.3, -0.25) is 9.52 Å². The van der Waals surface area contributed by atoms with Gasteiger partial charge in [-0.05, 0) is 68.0 Å². The number of anilines is 1. The minimum absolute atomic E-state index is 0.0575. The number of benzene rings is 2. The normalized spacial score (nSPS) is 14.9. The molecule has 1 unspecified atom stereocenters. The van der Waals surface area contributed by atoms with Crippen molar-refractivity contribution >= 4 is 21.6 Å². The monoisotopic (exact) mass is 416 g/mol. The number of amides is 1. The Morgan fingerprint density at radius 2 is 1.86 bits per heavy atom. The third-order valence-electron chi connectivity index (χ3n) is 5.55. The molecule has 0 aliphatic heterocycles. The van der Waals surface area contributed by atoms with E-state index in [2.05, 4.69) is 4.72 Å². The summed E-state index contributed by atoms with van der Waals surface area (Å²) in [6.07, 6.45) is 3.13. The maximum atomic E-state index is 13.0. The first kappa shape index (κ1) is 21.2. The molecule has 6 nitrogen and oxygen atoms in total. The van der Waals surface area contributed by atoms with Crippen molar-refractivity contribution in [3.63, 3.8) is 0 Å². The van der Waals surface area contributed by atoms with Gasteiger partial charge in [0.15, 0.2) is 0 Å². The van der Waals surface area contributed by atoms with Gasteiger partial charge in [0.25, 0.3) is 15.9 Å². The zero-order valence-corrected chi connectivity index (χ0v) is 18.1. The molecule has 0 bridgehead atoms. The van der Waals surface area contributed by atoms with Crippen molar-refractivity contribution < 1.29 is 17.9 Å². The third-order valence-corrected chi connectivity index (χ3v) is 6.95. The Morgan fingerprint density at radius 3 is 2.41 bits per heavy atom. The largest absolute Gasteiger partial charge is 0.495 e. The maximum absolute atomic E-state index is 13.0. The number of hydrogen-bond acceptors (Lipinski definition) is 4. The summed E-state index contributed by atoms with van der Waals surface area (Å²) in [6, 6.07) is 11.8. The Labute approximate surface area is 172 Å². The molecule has 0 radical (unpaired) electrons. The van der Waals surface area contributed by atoms with Crippen LogP contribution in [0.1, 0.15) is 42.6 Å². The average Bonchev–Trinajstić information content (AvgIpc) is 3.57. The molecule has 0 saturated heterocycles. The van der Waals surface area contributed by atoms with Gasteiger partial charge in [-0.15, -0.1) is 0 Å². The number of ether oxygens (including phenoxy) is 1. The quantitative estimate of drug-likeness (QED) is 0.707. The van der Waals surface area contributed by atoms with E-state index in [1.54, 1.807) is 30.1 Å². The summed E-state index contributed by atoms with van der Waals surface area (Å²) in [6.45, 7) is 4.06. The van der Waals surface area contributed by atoms with Gasteiger partial charge in [0, 0.05) is 24.3 Å². The second kappa shape index (κ2) is 8.45. The molecule has 2 aromatic carbocycles. The van der Waals surface area contributed by atoms with Crippen LogP contribution >= 0.6 is 0 Å². The molecule has 0 spiro atoms. The van der Waals surface area contributed by atoms with Gasteiger partial charge < -0.3 is 9.64 Å². The molecule has 29 heavy (non-hydrogen) atoms. The number of aryl methyl sites for hydroxylation is 1. The molecular weight excluding hydrogens is 388 g/mol.